The molecule has 228 valence electrons. The summed E-state index contributed by atoms with van der Waals surface area (Å²) in [6, 6.07) is 10.4. The van der Waals surface area contributed by atoms with E-state index in [9.17, 15) is 18.0 Å². The predicted molar refractivity (Wildman–Crippen MR) is 153 cm³/mol. The molecule has 1 saturated carbocycles. The number of carbonyl (C=O) groups is 1. The van der Waals surface area contributed by atoms with Crippen molar-refractivity contribution in [2.45, 2.75) is 82.2 Å². The standard InChI is InChI=1S/C34H36F4N2O3/c1-33(2,3)43-32(41)26-11-18-10-23(26)27-16-39-31(15-21(18)27)42-17-19-12-22-24(14-30(40(4)5)25(22)13-29(19)35)20-8-6-7-9-28(20)34(36,37)38/h6-9,12-13,15-16,18,23-24,26,30H,10-11,14,17H2,1-5H3/t18?,23-,24?,26-,30-/m0/s1. The van der Waals surface area contributed by atoms with Crippen LogP contribution in [-0.2, 0) is 22.3 Å². The summed E-state index contributed by atoms with van der Waals surface area (Å²) in [4.78, 5) is 19.2. The lowest BCUT2D eigenvalue weighted by molar-refractivity contribution is -0.160. The molecule has 1 heterocycles. The molecule has 6 rings (SSSR count). The van der Waals surface area contributed by atoms with Gasteiger partial charge in [0.15, 0.2) is 0 Å². The fourth-order valence-corrected chi connectivity index (χ4v) is 7.30. The van der Waals surface area contributed by atoms with Crippen LogP contribution in [0.4, 0.5) is 17.6 Å². The molecule has 43 heavy (non-hydrogen) atoms. The zero-order valence-corrected chi connectivity index (χ0v) is 25.0. The van der Waals surface area contributed by atoms with E-state index >= 15 is 4.39 Å². The maximum absolute atomic E-state index is 15.4. The minimum Gasteiger partial charge on any atom is -0.473 e. The van der Waals surface area contributed by atoms with Crippen molar-refractivity contribution in [1.82, 2.24) is 9.88 Å². The SMILES string of the molecule is CN(C)[C@H]1CC(c2ccccc2C(F)(F)F)c2cc(COc3cc4c(cn3)[C@H]3CC4C[C@@H]3C(=O)OC(C)(C)C)c(F)cc21. The number of fused-ring (bicyclic) bond motifs is 6. The zero-order valence-electron chi connectivity index (χ0n) is 25.0. The van der Waals surface area contributed by atoms with Gasteiger partial charge in [0.1, 0.15) is 18.0 Å². The van der Waals surface area contributed by atoms with Crippen LogP contribution in [0.1, 0.15) is 103 Å². The van der Waals surface area contributed by atoms with Gasteiger partial charge < -0.3 is 14.4 Å². The molecule has 0 N–H and O–H groups in total. The molecule has 2 aromatic carbocycles. The second-order valence-electron chi connectivity index (χ2n) is 13.3. The van der Waals surface area contributed by atoms with Gasteiger partial charge in [0.25, 0.3) is 0 Å². The van der Waals surface area contributed by atoms with Crippen LogP contribution in [-0.4, -0.2) is 35.5 Å². The molecule has 2 bridgehead atoms. The van der Waals surface area contributed by atoms with Crippen LogP contribution in [0.5, 0.6) is 5.88 Å². The summed E-state index contributed by atoms with van der Waals surface area (Å²) in [6.07, 6.45) is -0.763. The second-order valence-corrected chi connectivity index (χ2v) is 13.3. The molecule has 0 aliphatic heterocycles. The molecule has 1 aromatic heterocycles. The predicted octanol–water partition coefficient (Wildman–Crippen LogP) is 7.89. The lowest BCUT2D eigenvalue weighted by Gasteiger charge is -2.27. The number of ether oxygens (including phenoxy) is 2. The molecular formula is C34H36F4N2O3. The number of benzene rings is 2. The number of pyridine rings is 1. The number of aromatic nitrogens is 1. The average Bonchev–Trinajstić information content (AvgIpc) is 3.62. The van der Waals surface area contributed by atoms with Gasteiger partial charge in [-0.25, -0.2) is 9.37 Å². The fourth-order valence-electron chi connectivity index (χ4n) is 7.30. The van der Waals surface area contributed by atoms with Crippen LogP contribution in [0.2, 0.25) is 0 Å². The van der Waals surface area contributed by atoms with Crippen LogP contribution in [0.25, 0.3) is 0 Å². The van der Waals surface area contributed by atoms with E-state index in [1.165, 1.54) is 18.2 Å². The Balaban J connectivity index is 1.24. The summed E-state index contributed by atoms with van der Waals surface area (Å²) in [5.41, 5.74) is 2.76. The normalized spacial score (nSPS) is 24.3. The number of esters is 1. The maximum Gasteiger partial charge on any atom is 0.416 e. The molecule has 1 fully saturated rings. The van der Waals surface area contributed by atoms with Crippen molar-refractivity contribution >= 4 is 5.97 Å². The van der Waals surface area contributed by atoms with Gasteiger partial charge >= 0.3 is 12.1 Å². The Morgan fingerprint density at radius 3 is 2.40 bits per heavy atom. The topological polar surface area (TPSA) is 51.7 Å². The Hall–Kier alpha value is -3.46. The van der Waals surface area contributed by atoms with Crippen molar-refractivity contribution in [2.24, 2.45) is 5.92 Å². The van der Waals surface area contributed by atoms with E-state index in [2.05, 4.69) is 4.98 Å². The van der Waals surface area contributed by atoms with Crippen molar-refractivity contribution in [3.63, 3.8) is 0 Å². The maximum atomic E-state index is 15.4. The Morgan fingerprint density at radius 1 is 0.953 bits per heavy atom. The number of rotatable bonds is 6. The fraction of sp³-hybridized carbons (Fsp3) is 0.471. The number of halogens is 4. The first-order valence-electron chi connectivity index (χ1n) is 14.7. The number of alkyl halides is 3. The minimum absolute atomic E-state index is 0.0618. The van der Waals surface area contributed by atoms with E-state index in [4.69, 9.17) is 9.47 Å². The van der Waals surface area contributed by atoms with Crippen molar-refractivity contribution < 1.29 is 31.8 Å². The Bertz CT molecular complexity index is 1560. The van der Waals surface area contributed by atoms with Crippen molar-refractivity contribution in [3.05, 3.63) is 93.4 Å². The van der Waals surface area contributed by atoms with Crippen LogP contribution < -0.4 is 4.74 Å². The Morgan fingerprint density at radius 2 is 1.70 bits per heavy atom. The Labute approximate surface area is 249 Å². The quantitative estimate of drug-likeness (QED) is 0.214. The molecule has 3 aliphatic rings. The van der Waals surface area contributed by atoms with E-state index in [0.717, 1.165) is 23.6 Å². The van der Waals surface area contributed by atoms with Crippen LogP contribution in [0.3, 0.4) is 0 Å². The average molecular weight is 597 g/mol. The molecule has 3 aliphatic carbocycles. The van der Waals surface area contributed by atoms with E-state index < -0.39 is 29.1 Å². The van der Waals surface area contributed by atoms with Gasteiger partial charge in [0, 0.05) is 29.8 Å². The number of hydrogen-bond acceptors (Lipinski definition) is 5. The van der Waals surface area contributed by atoms with Gasteiger partial charge in [-0.05, 0) is 112 Å². The van der Waals surface area contributed by atoms with Crippen LogP contribution in [0, 0.1) is 11.7 Å². The summed E-state index contributed by atoms with van der Waals surface area (Å²) in [7, 11) is 3.70. The summed E-state index contributed by atoms with van der Waals surface area (Å²) in [6.45, 7) is 5.48. The van der Waals surface area contributed by atoms with Gasteiger partial charge in [-0.2, -0.15) is 13.2 Å². The van der Waals surface area contributed by atoms with Crippen LogP contribution in [0.15, 0.2) is 48.7 Å². The van der Waals surface area contributed by atoms with E-state index in [1.807, 2.05) is 45.8 Å². The molecule has 3 aromatic rings. The van der Waals surface area contributed by atoms with Crippen molar-refractivity contribution in [1.29, 1.82) is 0 Å². The smallest absolute Gasteiger partial charge is 0.416 e. The molecule has 5 nitrogen and oxygen atoms in total. The third kappa shape index (κ3) is 5.52. The monoisotopic (exact) mass is 596 g/mol. The number of carbonyl (C=O) groups excluding carboxylic acids is 1. The molecule has 0 amide bonds. The highest BCUT2D eigenvalue weighted by Crippen LogP contribution is 2.57. The number of nitrogens with zero attached hydrogens (tertiary/aromatic N) is 2. The first-order valence-corrected chi connectivity index (χ1v) is 14.7. The zero-order chi connectivity index (χ0) is 30.8. The largest absolute Gasteiger partial charge is 0.473 e. The summed E-state index contributed by atoms with van der Waals surface area (Å²) in [5.74, 6) is -0.742. The molecule has 9 heteroatoms. The Kier molecular flexibility index (Phi) is 7.31. The third-order valence-electron chi connectivity index (χ3n) is 9.14. The summed E-state index contributed by atoms with van der Waals surface area (Å²) >= 11 is 0. The van der Waals surface area contributed by atoms with E-state index in [1.54, 1.807) is 18.3 Å². The molecule has 5 atom stereocenters. The third-order valence-corrected chi connectivity index (χ3v) is 9.14. The lowest BCUT2D eigenvalue weighted by Crippen LogP contribution is -2.30. The highest BCUT2D eigenvalue weighted by molar-refractivity contribution is 5.76. The van der Waals surface area contributed by atoms with E-state index in [0.29, 0.717) is 29.8 Å². The first-order chi connectivity index (χ1) is 20.2. The van der Waals surface area contributed by atoms with Gasteiger partial charge in [0.2, 0.25) is 5.88 Å². The highest BCUT2D eigenvalue weighted by atomic mass is 19.4. The molecule has 0 radical (unpaired) electrons. The molecular weight excluding hydrogens is 560 g/mol. The van der Waals surface area contributed by atoms with Crippen molar-refractivity contribution in [3.8, 4) is 5.88 Å². The first kappa shape index (κ1) is 29.6. The molecule has 2 unspecified atom stereocenters. The minimum atomic E-state index is -4.50. The van der Waals surface area contributed by atoms with Gasteiger partial charge in [-0.15, -0.1) is 0 Å². The summed E-state index contributed by atoms with van der Waals surface area (Å²) < 4.78 is 68.9. The van der Waals surface area contributed by atoms with Gasteiger partial charge in [-0.1, -0.05) is 18.2 Å². The molecule has 0 spiro atoms. The van der Waals surface area contributed by atoms with Crippen LogP contribution >= 0.6 is 0 Å². The molecule has 0 saturated heterocycles. The van der Waals surface area contributed by atoms with Gasteiger partial charge in [-0.3, -0.25) is 4.79 Å². The highest BCUT2D eigenvalue weighted by Gasteiger charge is 2.48. The van der Waals surface area contributed by atoms with E-state index in [-0.39, 0.29) is 47.5 Å². The van der Waals surface area contributed by atoms with Gasteiger partial charge in [0.05, 0.1) is 11.5 Å². The summed E-state index contributed by atoms with van der Waals surface area (Å²) in [5, 5.41) is 0. The second kappa shape index (κ2) is 10.6. The van der Waals surface area contributed by atoms with Crippen molar-refractivity contribution in [2.75, 3.05) is 14.1 Å². The number of hydrogen-bond donors (Lipinski definition) is 0. The lowest BCUT2D eigenvalue weighted by atomic mass is 9.84.